The van der Waals surface area contributed by atoms with Gasteiger partial charge in [-0.3, -0.25) is 0 Å². The largest absolute Gasteiger partial charge is 0.497 e. The molecule has 3 heterocycles. The summed E-state index contributed by atoms with van der Waals surface area (Å²) in [5, 5.41) is 16.5. The van der Waals surface area contributed by atoms with Crippen LogP contribution in [0.2, 0.25) is 0 Å². The highest BCUT2D eigenvalue weighted by Gasteiger charge is 2.38. The number of sulfonamides is 1. The molecule has 4 aromatic rings. The molecule has 1 aliphatic heterocycles. The minimum Gasteiger partial charge on any atom is -0.497 e. The molecule has 0 bridgehead atoms. The van der Waals surface area contributed by atoms with Crippen molar-refractivity contribution < 1.29 is 32.3 Å². The van der Waals surface area contributed by atoms with Crippen molar-refractivity contribution in [3.05, 3.63) is 88.0 Å². The smallest absolute Gasteiger partial charge is 0.393 e. The Bertz CT molecular complexity index is 1900. The zero-order valence-electron chi connectivity index (χ0n) is 28.4. The molecule has 50 heavy (non-hydrogen) atoms. The van der Waals surface area contributed by atoms with E-state index in [-0.39, 0.29) is 41.3 Å². The summed E-state index contributed by atoms with van der Waals surface area (Å²) in [6, 6.07) is 11.6. The molecule has 1 saturated carbocycles. The first-order chi connectivity index (χ1) is 24.2. The van der Waals surface area contributed by atoms with Crippen LogP contribution in [0.4, 0.5) is 11.6 Å². The third kappa shape index (κ3) is 7.38. The van der Waals surface area contributed by atoms with E-state index in [1.54, 1.807) is 48.3 Å². The summed E-state index contributed by atoms with van der Waals surface area (Å²) in [7, 11) is -1.09. The van der Waals surface area contributed by atoms with Crippen LogP contribution in [0, 0.1) is 10.1 Å². The van der Waals surface area contributed by atoms with Gasteiger partial charge < -0.3 is 29.1 Å². The van der Waals surface area contributed by atoms with Crippen molar-refractivity contribution in [1.29, 1.82) is 0 Å². The first-order valence-corrected chi connectivity index (χ1v) is 18.3. The summed E-state index contributed by atoms with van der Waals surface area (Å²) in [6.07, 6.45) is 10.3. The molecule has 1 saturated heterocycles. The summed E-state index contributed by atoms with van der Waals surface area (Å²) in [4.78, 5) is 20.0. The number of aromatic nitrogens is 4. The maximum atomic E-state index is 14.4. The molecule has 15 heteroatoms. The summed E-state index contributed by atoms with van der Waals surface area (Å²) in [5.41, 5.74) is 1.85. The fraction of sp³-hybridized carbons (Fsp3) is 0.457. The Kier molecular flexibility index (Phi) is 10.8. The third-order valence-corrected chi connectivity index (χ3v) is 11.1. The number of nitro groups is 1. The lowest BCUT2D eigenvalue weighted by atomic mass is 9.82. The van der Waals surface area contributed by atoms with Crippen molar-refractivity contribution >= 4 is 21.7 Å². The predicted molar refractivity (Wildman–Crippen MR) is 184 cm³/mol. The van der Waals surface area contributed by atoms with E-state index in [0.29, 0.717) is 59.8 Å². The van der Waals surface area contributed by atoms with E-state index in [2.05, 4.69) is 15.1 Å². The number of methoxy groups -OCH3 is 2. The molecule has 266 valence electrons. The molecule has 3 atom stereocenters. The van der Waals surface area contributed by atoms with Crippen LogP contribution >= 0.6 is 0 Å². The van der Waals surface area contributed by atoms with E-state index >= 15 is 0 Å². The van der Waals surface area contributed by atoms with Gasteiger partial charge in [0.2, 0.25) is 0 Å². The lowest BCUT2D eigenvalue weighted by molar-refractivity contribution is -0.391. The Morgan fingerprint density at radius 2 is 1.82 bits per heavy atom. The highest BCUT2D eigenvalue weighted by Crippen LogP contribution is 2.41. The van der Waals surface area contributed by atoms with Crippen molar-refractivity contribution in [2.75, 3.05) is 25.1 Å². The number of hydrogen-bond acceptors (Lipinski definition) is 11. The average Bonchev–Trinajstić information content (AvgIpc) is 3.61. The van der Waals surface area contributed by atoms with Gasteiger partial charge >= 0.3 is 5.82 Å². The van der Waals surface area contributed by atoms with Crippen LogP contribution < -0.4 is 18.5 Å². The second kappa shape index (κ2) is 15.4. The summed E-state index contributed by atoms with van der Waals surface area (Å²) in [6.45, 7) is 2.47. The first-order valence-electron chi connectivity index (χ1n) is 16.9. The molecule has 0 N–H and O–H groups in total. The standard InChI is InChI=1S/C35H42N6O8S/c1-4-24-19-27(50(44,45)40(33-16-17-36-23-37-33)21-25-12-13-26(46-2)20-32(25)47-3)14-15-30(24)49-31-10-6-5-9-28(31)29-22-39(38-35(29)41(42)43)34-11-7-8-18-48-34/h12-17,19-20,22-23,28,31,34H,4-11,18,21H2,1-3H3/t28-,31+,34?/m1/s1. The Morgan fingerprint density at radius 1 is 1.00 bits per heavy atom. The molecule has 14 nitrogen and oxygen atoms in total. The van der Waals surface area contributed by atoms with Crippen LogP contribution in [0.15, 0.2) is 66.1 Å². The molecular formula is C35H42N6O8S. The maximum absolute atomic E-state index is 14.4. The molecule has 0 amide bonds. The summed E-state index contributed by atoms with van der Waals surface area (Å²) < 4.78 is 55.0. The summed E-state index contributed by atoms with van der Waals surface area (Å²) in [5.74, 6) is 1.35. The number of ether oxygens (including phenoxy) is 4. The van der Waals surface area contributed by atoms with E-state index in [4.69, 9.17) is 18.9 Å². The second-order valence-electron chi connectivity index (χ2n) is 12.4. The average molecular weight is 707 g/mol. The van der Waals surface area contributed by atoms with Crippen LogP contribution in [0.5, 0.6) is 17.2 Å². The van der Waals surface area contributed by atoms with Gasteiger partial charge in [0.15, 0.2) is 6.23 Å². The predicted octanol–water partition coefficient (Wildman–Crippen LogP) is 6.36. The lowest BCUT2D eigenvalue weighted by Gasteiger charge is -2.32. The topological polar surface area (TPSA) is 161 Å². The number of rotatable bonds is 13. The van der Waals surface area contributed by atoms with Crippen molar-refractivity contribution in [3.8, 4) is 17.2 Å². The van der Waals surface area contributed by atoms with Gasteiger partial charge in [0.25, 0.3) is 10.0 Å². The molecular weight excluding hydrogens is 664 g/mol. The van der Waals surface area contributed by atoms with Crippen LogP contribution in [0.3, 0.4) is 0 Å². The van der Waals surface area contributed by atoms with E-state index in [0.717, 1.165) is 32.1 Å². The Balaban J connectivity index is 1.30. The van der Waals surface area contributed by atoms with Gasteiger partial charge in [-0.05, 0) is 85.8 Å². The van der Waals surface area contributed by atoms with E-state index < -0.39 is 14.9 Å². The van der Waals surface area contributed by atoms with Gasteiger partial charge in [-0.1, -0.05) is 13.3 Å². The van der Waals surface area contributed by atoms with Gasteiger partial charge in [0, 0.05) is 36.4 Å². The molecule has 0 spiro atoms. The minimum absolute atomic E-state index is 0.0612. The number of nitrogens with zero attached hydrogens (tertiary/aromatic N) is 6. The van der Waals surface area contributed by atoms with Crippen molar-refractivity contribution in [1.82, 2.24) is 19.7 Å². The highest BCUT2D eigenvalue weighted by molar-refractivity contribution is 7.92. The second-order valence-corrected chi connectivity index (χ2v) is 14.3. The van der Waals surface area contributed by atoms with E-state index in [9.17, 15) is 18.5 Å². The summed E-state index contributed by atoms with van der Waals surface area (Å²) >= 11 is 0. The number of hydrogen-bond donors (Lipinski definition) is 0. The van der Waals surface area contributed by atoms with Crippen molar-refractivity contribution in [3.63, 3.8) is 0 Å². The Hall–Kier alpha value is -4.76. The van der Waals surface area contributed by atoms with Gasteiger partial charge in [0.1, 0.15) is 35.5 Å². The van der Waals surface area contributed by atoms with Gasteiger partial charge in [-0.15, -0.1) is 0 Å². The Labute approximate surface area is 291 Å². The quantitative estimate of drug-likeness (QED) is 0.112. The van der Waals surface area contributed by atoms with Crippen LogP contribution in [0.25, 0.3) is 0 Å². The third-order valence-electron chi connectivity index (χ3n) is 9.37. The van der Waals surface area contributed by atoms with E-state index in [1.165, 1.54) is 36.1 Å². The minimum atomic E-state index is -4.15. The fourth-order valence-electron chi connectivity index (χ4n) is 6.73. The van der Waals surface area contributed by atoms with Crippen molar-refractivity contribution in [2.45, 2.75) is 88.0 Å². The molecule has 1 unspecified atom stereocenters. The molecule has 2 aliphatic rings. The number of aryl methyl sites for hydroxylation is 1. The highest BCUT2D eigenvalue weighted by atomic mass is 32.2. The first kappa shape index (κ1) is 35.1. The Morgan fingerprint density at radius 3 is 2.52 bits per heavy atom. The molecule has 2 aromatic carbocycles. The zero-order valence-corrected chi connectivity index (χ0v) is 29.3. The van der Waals surface area contributed by atoms with Gasteiger partial charge in [-0.2, -0.15) is 4.68 Å². The van der Waals surface area contributed by atoms with Gasteiger partial charge in [0.05, 0.1) is 42.5 Å². The normalized spacial score (nSPS) is 19.5. The molecule has 6 rings (SSSR count). The molecule has 2 aromatic heterocycles. The van der Waals surface area contributed by atoms with Crippen LogP contribution in [0.1, 0.15) is 80.7 Å². The maximum Gasteiger partial charge on any atom is 0.393 e. The van der Waals surface area contributed by atoms with Crippen LogP contribution in [-0.4, -0.2) is 60.0 Å². The zero-order chi connectivity index (χ0) is 35.3. The molecule has 0 radical (unpaired) electrons. The van der Waals surface area contributed by atoms with E-state index in [1.807, 2.05) is 6.92 Å². The lowest BCUT2D eigenvalue weighted by Crippen LogP contribution is -2.32. The van der Waals surface area contributed by atoms with Crippen LogP contribution in [-0.2, 0) is 27.7 Å². The number of benzene rings is 2. The monoisotopic (exact) mass is 706 g/mol. The SMILES string of the molecule is CCc1cc(S(=O)(=O)N(Cc2ccc(OC)cc2OC)c2ccncn2)ccc1O[C@H]1CCCC[C@@H]1c1cn(C2CCCCO2)nc1[N+](=O)[O-]. The number of anilines is 1. The van der Waals surface area contributed by atoms with Gasteiger partial charge in [-0.25, -0.2) is 22.7 Å². The molecule has 2 fully saturated rings. The van der Waals surface area contributed by atoms with Crippen molar-refractivity contribution in [2.24, 2.45) is 0 Å². The molecule has 1 aliphatic carbocycles. The fourth-order valence-corrected chi connectivity index (χ4v) is 8.18.